The highest BCUT2D eigenvalue weighted by Crippen LogP contribution is 2.34. The highest BCUT2D eigenvalue weighted by atomic mass is 16.1. The van der Waals surface area contributed by atoms with Crippen LogP contribution in [0.2, 0.25) is 0 Å². The van der Waals surface area contributed by atoms with E-state index in [1.807, 2.05) is 19.1 Å². The van der Waals surface area contributed by atoms with Gasteiger partial charge >= 0.3 is 0 Å². The molecule has 5 nitrogen and oxygen atoms in total. The largest absolute Gasteiger partial charge is 0.329 e. The third-order valence-electron chi connectivity index (χ3n) is 4.26. The lowest BCUT2D eigenvalue weighted by Gasteiger charge is -2.26. The molecule has 2 heterocycles. The monoisotopic (exact) mass is 286 g/mol. The predicted octanol–water partition coefficient (Wildman–Crippen LogP) is 1.17. The summed E-state index contributed by atoms with van der Waals surface area (Å²) in [6, 6.07) is 5.87. The molecule has 0 amide bonds. The van der Waals surface area contributed by atoms with E-state index in [1.54, 1.807) is 16.7 Å². The highest BCUT2D eigenvalue weighted by Gasteiger charge is 2.32. The summed E-state index contributed by atoms with van der Waals surface area (Å²) in [5, 5.41) is 0. The van der Waals surface area contributed by atoms with Crippen molar-refractivity contribution in [1.82, 2.24) is 14.3 Å². The Kier molecular flexibility index (Phi) is 3.78. The zero-order valence-corrected chi connectivity index (χ0v) is 12.6. The molecule has 21 heavy (non-hydrogen) atoms. The van der Waals surface area contributed by atoms with Crippen molar-refractivity contribution in [3.8, 4) is 0 Å². The van der Waals surface area contributed by atoms with Crippen molar-refractivity contribution in [1.29, 1.82) is 0 Å². The molecule has 3 rings (SSSR count). The molecule has 1 fully saturated rings. The molecule has 1 saturated carbocycles. The summed E-state index contributed by atoms with van der Waals surface area (Å²) >= 11 is 0. The van der Waals surface area contributed by atoms with Gasteiger partial charge in [0.1, 0.15) is 5.65 Å². The fourth-order valence-corrected chi connectivity index (χ4v) is 2.92. The van der Waals surface area contributed by atoms with Crippen LogP contribution in [0.3, 0.4) is 0 Å². The molecule has 0 saturated heterocycles. The van der Waals surface area contributed by atoms with Gasteiger partial charge in [-0.25, -0.2) is 4.98 Å². The van der Waals surface area contributed by atoms with Crippen molar-refractivity contribution in [3.63, 3.8) is 0 Å². The number of fused-ring (bicyclic) bond motifs is 1. The number of aryl methyl sites for hydroxylation is 1. The van der Waals surface area contributed by atoms with Gasteiger partial charge < -0.3 is 5.73 Å². The van der Waals surface area contributed by atoms with Crippen molar-refractivity contribution in [2.75, 3.05) is 13.6 Å². The Labute approximate surface area is 124 Å². The summed E-state index contributed by atoms with van der Waals surface area (Å²) in [5.41, 5.74) is 8.48. The lowest BCUT2D eigenvalue weighted by Crippen LogP contribution is -2.39. The molecule has 112 valence electrons. The van der Waals surface area contributed by atoms with Crippen molar-refractivity contribution in [2.24, 2.45) is 11.7 Å². The van der Waals surface area contributed by atoms with Gasteiger partial charge in [0.15, 0.2) is 0 Å². The van der Waals surface area contributed by atoms with E-state index >= 15 is 0 Å². The normalized spacial score (nSPS) is 16.6. The number of aromatic nitrogens is 2. The van der Waals surface area contributed by atoms with Crippen LogP contribution in [0, 0.1) is 12.8 Å². The molecule has 5 heteroatoms. The molecule has 1 aliphatic rings. The maximum absolute atomic E-state index is 12.2. The van der Waals surface area contributed by atoms with Crippen LogP contribution in [0.4, 0.5) is 0 Å². The Bertz CT molecular complexity index is 705. The van der Waals surface area contributed by atoms with E-state index < -0.39 is 0 Å². The van der Waals surface area contributed by atoms with Gasteiger partial charge in [0.05, 0.1) is 5.69 Å². The van der Waals surface area contributed by atoms with E-state index in [1.165, 1.54) is 12.8 Å². The van der Waals surface area contributed by atoms with Crippen LogP contribution in [0.5, 0.6) is 0 Å². The van der Waals surface area contributed by atoms with Gasteiger partial charge in [-0.3, -0.25) is 14.1 Å². The van der Waals surface area contributed by atoms with Crippen LogP contribution in [0.25, 0.3) is 5.65 Å². The van der Waals surface area contributed by atoms with E-state index in [0.717, 1.165) is 11.3 Å². The average Bonchev–Trinajstić information content (AvgIpc) is 3.23. The fraction of sp³-hybridized carbons (Fsp3) is 0.500. The van der Waals surface area contributed by atoms with Crippen LogP contribution in [-0.2, 0) is 6.54 Å². The molecular formula is C16H22N4O. The third-order valence-corrected chi connectivity index (χ3v) is 4.26. The van der Waals surface area contributed by atoms with Crippen LogP contribution in [0.15, 0.2) is 29.2 Å². The Morgan fingerprint density at radius 3 is 2.90 bits per heavy atom. The van der Waals surface area contributed by atoms with Crippen molar-refractivity contribution < 1.29 is 0 Å². The molecule has 2 aromatic heterocycles. The molecular weight excluding hydrogens is 264 g/mol. The van der Waals surface area contributed by atoms with Gasteiger partial charge in [0.25, 0.3) is 5.56 Å². The first-order chi connectivity index (χ1) is 10.1. The second-order valence-electron chi connectivity index (χ2n) is 6.07. The van der Waals surface area contributed by atoms with Crippen LogP contribution >= 0.6 is 0 Å². The molecule has 0 radical (unpaired) electrons. The maximum Gasteiger partial charge on any atom is 0.258 e. The Morgan fingerprint density at radius 2 is 2.24 bits per heavy atom. The molecule has 0 aromatic carbocycles. The quantitative estimate of drug-likeness (QED) is 0.896. The zero-order valence-electron chi connectivity index (χ0n) is 12.6. The second kappa shape index (κ2) is 5.58. The molecule has 1 unspecified atom stereocenters. The topological polar surface area (TPSA) is 63.6 Å². The smallest absolute Gasteiger partial charge is 0.258 e. The molecule has 0 aliphatic heterocycles. The van der Waals surface area contributed by atoms with Gasteiger partial charge in [-0.15, -0.1) is 0 Å². The number of nitrogens with zero attached hydrogens (tertiary/aromatic N) is 3. The summed E-state index contributed by atoms with van der Waals surface area (Å²) in [7, 11) is 2.07. The minimum absolute atomic E-state index is 0.0286. The third kappa shape index (κ3) is 2.99. The zero-order chi connectivity index (χ0) is 15.0. The molecule has 2 N–H and O–H groups in total. The number of rotatable bonds is 5. The number of nitrogens with two attached hydrogens (primary N) is 1. The molecule has 1 atom stereocenters. The van der Waals surface area contributed by atoms with Gasteiger partial charge in [-0.05, 0) is 50.4 Å². The van der Waals surface area contributed by atoms with Gasteiger partial charge in [0, 0.05) is 31.4 Å². The predicted molar refractivity (Wildman–Crippen MR) is 83.2 cm³/mol. The van der Waals surface area contributed by atoms with E-state index in [0.29, 0.717) is 30.7 Å². The van der Waals surface area contributed by atoms with Crippen molar-refractivity contribution in [3.05, 3.63) is 46.0 Å². The van der Waals surface area contributed by atoms with Crippen molar-refractivity contribution >= 4 is 5.65 Å². The first-order valence-corrected chi connectivity index (χ1v) is 7.47. The average molecular weight is 286 g/mol. The van der Waals surface area contributed by atoms with E-state index in [-0.39, 0.29) is 5.56 Å². The summed E-state index contributed by atoms with van der Waals surface area (Å²) in [6.45, 7) is 3.33. The Morgan fingerprint density at radius 1 is 1.48 bits per heavy atom. The van der Waals surface area contributed by atoms with Crippen LogP contribution in [0.1, 0.15) is 24.1 Å². The van der Waals surface area contributed by atoms with E-state index in [9.17, 15) is 4.79 Å². The summed E-state index contributed by atoms with van der Waals surface area (Å²) in [5.74, 6) is 0.712. The Hall–Kier alpha value is -1.72. The minimum atomic E-state index is -0.0286. The summed E-state index contributed by atoms with van der Waals surface area (Å²) in [4.78, 5) is 19.0. The Balaban J connectivity index is 1.88. The SMILES string of the molecule is Cc1ccn2c(=O)cc(CN(C)C(CN)C3CC3)nc2c1. The molecule has 2 aromatic rings. The fourth-order valence-electron chi connectivity index (χ4n) is 2.92. The first-order valence-electron chi connectivity index (χ1n) is 7.47. The standard InChI is InChI=1S/C16H22N4O/c1-11-5-6-20-15(7-11)18-13(8-16(20)21)10-19(2)14(9-17)12-3-4-12/h5-8,12,14H,3-4,9-10,17H2,1-2H3. The summed E-state index contributed by atoms with van der Waals surface area (Å²) in [6.07, 6.45) is 4.30. The van der Waals surface area contributed by atoms with Crippen LogP contribution < -0.4 is 11.3 Å². The van der Waals surface area contributed by atoms with E-state index in [4.69, 9.17) is 5.73 Å². The first kappa shape index (κ1) is 14.2. The highest BCUT2D eigenvalue weighted by molar-refractivity contribution is 5.41. The number of pyridine rings is 1. The van der Waals surface area contributed by atoms with Gasteiger partial charge in [0.2, 0.25) is 0 Å². The maximum atomic E-state index is 12.2. The molecule has 1 aliphatic carbocycles. The number of hydrogen-bond donors (Lipinski definition) is 1. The lowest BCUT2D eigenvalue weighted by molar-refractivity contribution is 0.213. The minimum Gasteiger partial charge on any atom is -0.329 e. The molecule has 0 spiro atoms. The van der Waals surface area contributed by atoms with Crippen molar-refractivity contribution in [2.45, 2.75) is 32.4 Å². The number of hydrogen-bond acceptors (Lipinski definition) is 4. The number of likely N-dealkylation sites (N-methyl/N-ethyl adjacent to an activating group) is 1. The summed E-state index contributed by atoms with van der Waals surface area (Å²) < 4.78 is 1.58. The van der Waals surface area contributed by atoms with E-state index in [2.05, 4.69) is 16.9 Å². The lowest BCUT2D eigenvalue weighted by atomic mass is 10.1. The van der Waals surface area contributed by atoms with Gasteiger partial charge in [-0.2, -0.15) is 0 Å². The second-order valence-corrected chi connectivity index (χ2v) is 6.07. The van der Waals surface area contributed by atoms with Gasteiger partial charge in [-0.1, -0.05) is 0 Å². The molecule has 0 bridgehead atoms. The van der Waals surface area contributed by atoms with Crippen LogP contribution in [-0.4, -0.2) is 33.9 Å².